The molecule has 0 bridgehead atoms. The lowest BCUT2D eigenvalue weighted by atomic mass is 10.0. The number of ether oxygens (including phenoxy) is 4. The Morgan fingerprint density at radius 2 is 0.523 bits per heavy atom. The Bertz CT molecular complexity index is 1720. The van der Waals surface area contributed by atoms with E-state index in [-0.39, 0.29) is 25.7 Å². The number of rotatable bonds is 68. The number of hydrogen-bond acceptors (Lipinski definition) is 15. The summed E-state index contributed by atoms with van der Waals surface area (Å²) in [7, 11) is -9.89. The number of esters is 4. The molecule has 17 nitrogen and oxygen atoms in total. The third-order valence-electron chi connectivity index (χ3n) is 16.0. The average Bonchev–Trinajstić information content (AvgIpc) is 3.70. The standard InChI is InChI=1S/C69H134O17P2/c1-7-9-11-13-14-15-16-17-18-19-20-21-22-25-29-35-41-47-53-68(73)86-65(58-80-67(72)52-46-40-34-28-26-23-24-27-32-38-43-49-61(3)4)60-84-88(77,78)82-56-63(70)55-81-87(75,76)83-59-64(57-79-66(71)51-45-37-12-10-8-2)85-69(74)54-48-42-36-31-30-33-39-44-50-62(5)6/h61-65,70H,7-60H2,1-6H3,(H,75,76)(H,77,78)/t63-,64+,65+/m0/s1. The van der Waals surface area contributed by atoms with E-state index >= 15 is 0 Å². The Labute approximate surface area is 537 Å². The van der Waals surface area contributed by atoms with Gasteiger partial charge in [-0.3, -0.25) is 37.3 Å². The molecule has 0 aliphatic heterocycles. The maximum absolute atomic E-state index is 13.0. The third-order valence-corrected chi connectivity index (χ3v) is 17.9. The molecule has 0 amide bonds. The zero-order chi connectivity index (χ0) is 65.0. The Kier molecular flexibility index (Phi) is 59.9. The van der Waals surface area contributed by atoms with Crippen LogP contribution in [0.5, 0.6) is 0 Å². The second kappa shape index (κ2) is 61.3. The summed E-state index contributed by atoms with van der Waals surface area (Å²) < 4.78 is 68.0. The predicted octanol–water partition coefficient (Wildman–Crippen LogP) is 19.6. The van der Waals surface area contributed by atoms with Gasteiger partial charge < -0.3 is 33.8 Å². The maximum atomic E-state index is 13.0. The van der Waals surface area contributed by atoms with E-state index in [1.165, 1.54) is 161 Å². The first kappa shape index (κ1) is 86.1. The smallest absolute Gasteiger partial charge is 0.462 e. The highest BCUT2D eigenvalue weighted by molar-refractivity contribution is 7.47. The quantitative estimate of drug-likeness (QED) is 0.0222. The van der Waals surface area contributed by atoms with E-state index < -0.39 is 97.5 Å². The van der Waals surface area contributed by atoms with Crippen molar-refractivity contribution in [2.45, 2.75) is 368 Å². The van der Waals surface area contributed by atoms with Crippen molar-refractivity contribution in [3.8, 4) is 0 Å². The van der Waals surface area contributed by atoms with Gasteiger partial charge in [-0.25, -0.2) is 9.13 Å². The van der Waals surface area contributed by atoms with Crippen LogP contribution in [0.1, 0.15) is 350 Å². The van der Waals surface area contributed by atoms with Crippen molar-refractivity contribution in [2.75, 3.05) is 39.6 Å². The molecular weight excluding hydrogens is 1160 g/mol. The minimum atomic E-state index is -4.95. The molecule has 0 heterocycles. The number of phosphoric acid groups is 2. The molecule has 0 aromatic rings. The van der Waals surface area contributed by atoms with Crippen molar-refractivity contribution >= 4 is 39.5 Å². The van der Waals surface area contributed by atoms with Crippen LogP contribution in [0.2, 0.25) is 0 Å². The molecule has 0 spiro atoms. The van der Waals surface area contributed by atoms with Crippen LogP contribution in [0, 0.1) is 11.8 Å². The number of hydrogen-bond donors (Lipinski definition) is 3. The van der Waals surface area contributed by atoms with Gasteiger partial charge in [0.1, 0.15) is 19.3 Å². The van der Waals surface area contributed by atoms with Crippen LogP contribution in [-0.4, -0.2) is 96.7 Å². The first-order chi connectivity index (χ1) is 42.4. The zero-order valence-electron chi connectivity index (χ0n) is 57.0. The molecule has 0 radical (unpaired) electrons. The largest absolute Gasteiger partial charge is 0.472 e. The first-order valence-electron chi connectivity index (χ1n) is 36.0. The van der Waals surface area contributed by atoms with E-state index in [0.29, 0.717) is 25.7 Å². The molecule has 0 saturated carbocycles. The summed E-state index contributed by atoms with van der Waals surface area (Å²) >= 11 is 0. The van der Waals surface area contributed by atoms with Crippen LogP contribution in [0.15, 0.2) is 0 Å². The van der Waals surface area contributed by atoms with Crippen LogP contribution in [0.25, 0.3) is 0 Å². The minimum Gasteiger partial charge on any atom is -0.462 e. The van der Waals surface area contributed by atoms with Crippen LogP contribution in [-0.2, 0) is 65.4 Å². The lowest BCUT2D eigenvalue weighted by molar-refractivity contribution is -0.161. The molecule has 88 heavy (non-hydrogen) atoms. The number of unbranched alkanes of at least 4 members (excludes halogenated alkanes) is 38. The normalized spacial score (nSPS) is 14.2. The first-order valence-corrected chi connectivity index (χ1v) is 39.0. The molecule has 2 unspecified atom stereocenters. The van der Waals surface area contributed by atoms with Crippen molar-refractivity contribution < 1.29 is 80.2 Å². The monoisotopic (exact) mass is 1300 g/mol. The number of carbonyl (C=O) groups is 4. The third kappa shape index (κ3) is 62.8. The SMILES string of the molecule is CCCCCCCCCCCCCCCCCCCCC(=O)O[C@H](COC(=O)CCCCCCCCCCCCCC(C)C)COP(=O)(O)OC[C@@H](O)COP(=O)(O)OC[C@@H](COC(=O)CCCCCCC)OC(=O)CCCCCCCCCCC(C)C. The number of aliphatic hydroxyl groups excluding tert-OH is 1. The van der Waals surface area contributed by atoms with Gasteiger partial charge in [-0.1, -0.05) is 298 Å². The zero-order valence-corrected chi connectivity index (χ0v) is 58.8. The topological polar surface area (TPSA) is 237 Å². The van der Waals surface area contributed by atoms with E-state index in [2.05, 4.69) is 41.5 Å². The van der Waals surface area contributed by atoms with E-state index in [0.717, 1.165) is 108 Å². The highest BCUT2D eigenvalue weighted by atomic mass is 31.2. The lowest BCUT2D eigenvalue weighted by Gasteiger charge is -2.21. The molecule has 19 heteroatoms. The number of phosphoric ester groups is 2. The van der Waals surface area contributed by atoms with E-state index in [4.69, 9.17) is 37.0 Å². The molecule has 0 aliphatic rings. The molecule has 0 aromatic carbocycles. The summed E-state index contributed by atoms with van der Waals surface area (Å²) in [4.78, 5) is 72.2. The van der Waals surface area contributed by atoms with E-state index in [9.17, 15) is 43.2 Å². The summed E-state index contributed by atoms with van der Waals surface area (Å²) in [5.74, 6) is -0.648. The van der Waals surface area contributed by atoms with Crippen molar-refractivity contribution in [2.24, 2.45) is 11.8 Å². The van der Waals surface area contributed by atoms with Gasteiger partial charge in [-0.2, -0.15) is 0 Å². The van der Waals surface area contributed by atoms with Gasteiger partial charge in [0.15, 0.2) is 12.2 Å². The van der Waals surface area contributed by atoms with Gasteiger partial charge in [0.2, 0.25) is 0 Å². The van der Waals surface area contributed by atoms with Gasteiger partial charge in [0, 0.05) is 25.7 Å². The maximum Gasteiger partial charge on any atom is 0.472 e. The fourth-order valence-electron chi connectivity index (χ4n) is 10.4. The molecule has 0 fully saturated rings. The molecule has 0 rings (SSSR count). The van der Waals surface area contributed by atoms with Gasteiger partial charge in [-0.05, 0) is 37.5 Å². The second-order valence-corrected chi connectivity index (χ2v) is 28.8. The molecule has 0 saturated heterocycles. The Hall–Kier alpha value is -1.94. The summed E-state index contributed by atoms with van der Waals surface area (Å²) in [6.07, 6.45) is 46.3. The van der Waals surface area contributed by atoms with Gasteiger partial charge >= 0.3 is 39.5 Å². The molecular formula is C69H134O17P2. The summed E-state index contributed by atoms with van der Waals surface area (Å²) in [5, 5.41) is 10.5. The summed E-state index contributed by atoms with van der Waals surface area (Å²) in [6.45, 7) is 9.41. The molecule has 0 aromatic heterocycles. The highest BCUT2D eigenvalue weighted by Crippen LogP contribution is 2.45. The molecule has 0 aliphatic carbocycles. The fraction of sp³-hybridized carbons (Fsp3) is 0.942. The van der Waals surface area contributed by atoms with E-state index in [1.807, 2.05) is 0 Å². The van der Waals surface area contributed by atoms with Crippen LogP contribution < -0.4 is 0 Å². The van der Waals surface area contributed by atoms with Crippen LogP contribution in [0.4, 0.5) is 0 Å². The number of aliphatic hydroxyl groups is 1. The van der Waals surface area contributed by atoms with Crippen molar-refractivity contribution in [3.63, 3.8) is 0 Å². The second-order valence-electron chi connectivity index (χ2n) is 25.9. The Morgan fingerprint density at radius 1 is 0.307 bits per heavy atom. The summed E-state index contributed by atoms with van der Waals surface area (Å²) in [5.41, 5.74) is 0. The number of carbonyl (C=O) groups excluding carboxylic acids is 4. The van der Waals surface area contributed by atoms with Crippen molar-refractivity contribution in [1.82, 2.24) is 0 Å². The minimum absolute atomic E-state index is 0.104. The molecule has 5 atom stereocenters. The summed E-state index contributed by atoms with van der Waals surface area (Å²) in [6, 6.07) is 0. The predicted molar refractivity (Wildman–Crippen MR) is 354 cm³/mol. The highest BCUT2D eigenvalue weighted by Gasteiger charge is 2.30. The fourth-order valence-corrected chi connectivity index (χ4v) is 12.0. The van der Waals surface area contributed by atoms with Gasteiger partial charge in [0.05, 0.1) is 26.4 Å². The van der Waals surface area contributed by atoms with Crippen molar-refractivity contribution in [1.29, 1.82) is 0 Å². The molecule has 522 valence electrons. The van der Waals surface area contributed by atoms with Crippen molar-refractivity contribution in [3.05, 3.63) is 0 Å². The molecule has 3 N–H and O–H groups in total. The Morgan fingerprint density at radius 3 is 0.773 bits per heavy atom. The van der Waals surface area contributed by atoms with Crippen LogP contribution >= 0.6 is 15.6 Å². The lowest BCUT2D eigenvalue weighted by Crippen LogP contribution is -2.30. The van der Waals surface area contributed by atoms with Gasteiger partial charge in [0.25, 0.3) is 0 Å². The average molecular weight is 1300 g/mol. The van der Waals surface area contributed by atoms with E-state index in [1.54, 1.807) is 0 Å². The Balaban J connectivity index is 5.15. The van der Waals surface area contributed by atoms with Crippen LogP contribution in [0.3, 0.4) is 0 Å². The van der Waals surface area contributed by atoms with Gasteiger partial charge in [-0.15, -0.1) is 0 Å².